The standard InChI is InChI=1S/C17H23BrN2O2/c1-3-15-8-4-5-10-19(15)17(22)12-20(13(2)21)16-9-6-7-14(18)11-16/h6-7,9,11,15H,3-5,8,10,12H2,1-2H3. The van der Waals surface area contributed by atoms with Gasteiger partial charge in [0.25, 0.3) is 0 Å². The Kier molecular flexibility index (Phi) is 6.00. The normalized spacial score (nSPS) is 18.1. The molecule has 0 bridgehead atoms. The Labute approximate surface area is 140 Å². The van der Waals surface area contributed by atoms with Crippen molar-refractivity contribution in [3.63, 3.8) is 0 Å². The molecule has 22 heavy (non-hydrogen) atoms. The van der Waals surface area contributed by atoms with Gasteiger partial charge < -0.3 is 9.80 Å². The van der Waals surface area contributed by atoms with Crippen LogP contribution in [-0.4, -0.2) is 35.8 Å². The summed E-state index contributed by atoms with van der Waals surface area (Å²) in [6.07, 6.45) is 4.28. The molecule has 0 N–H and O–H groups in total. The van der Waals surface area contributed by atoms with Crippen molar-refractivity contribution in [2.24, 2.45) is 0 Å². The predicted octanol–water partition coefficient (Wildman–Crippen LogP) is 3.59. The number of halogens is 1. The molecule has 1 heterocycles. The van der Waals surface area contributed by atoms with Gasteiger partial charge in [0.15, 0.2) is 0 Å². The SMILES string of the molecule is CCC1CCCCN1C(=O)CN(C(C)=O)c1cccc(Br)c1. The number of amides is 2. The first-order valence-corrected chi connectivity index (χ1v) is 8.65. The van der Waals surface area contributed by atoms with Crippen LogP contribution in [0.5, 0.6) is 0 Å². The van der Waals surface area contributed by atoms with Crippen LogP contribution < -0.4 is 4.90 Å². The molecule has 4 nitrogen and oxygen atoms in total. The van der Waals surface area contributed by atoms with Crippen molar-refractivity contribution < 1.29 is 9.59 Å². The highest BCUT2D eigenvalue weighted by Crippen LogP contribution is 2.23. The number of carbonyl (C=O) groups excluding carboxylic acids is 2. The van der Waals surface area contributed by atoms with Gasteiger partial charge in [0.1, 0.15) is 6.54 Å². The van der Waals surface area contributed by atoms with E-state index in [1.165, 1.54) is 13.3 Å². The van der Waals surface area contributed by atoms with Gasteiger partial charge >= 0.3 is 0 Å². The van der Waals surface area contributed by atoms with Gasteiger partial charge in [0, 0.05) is 29.7 Å². The smallest absolute Gasteiger partial charge is 0.242 e. The second-order valence-electron chi connectivity index (χ2n) is 5.73. The molecule has 1 atom stereocenters. The van der Waals surface area contributed by atoms with Gasteiger partial charge in [-0.3, -0.25) is 9.59 Å². The molecule has 0 spiro atoms. The van der Waals surface area contributed by atoms with Crippen LogP contribution >= 0.6 is 15.9 Å². The summed E-state index contributed by atoms with van der Waals surface area (Å²) in [6, 6.07) is 7.81. The Bertz CT molecular complexity index is 547. The van der Waals surface area contributed by atoms with Gasteiger partial charge in [-0.25, -0.2) is 0 Å². The maximum absolute atomic E-state index is 12.7. The van der Waals surface area contributed by atoms with Crippen LogP contribution in [0.1, 0.15) is 39.5 Å². The predicted molar refractivity (Wildman–Crippen MR) is 91.8 cm³/mol. The van der Waals surface area contributed by atoms with E-state index >= 15 is 0 Å². The number of likely N-dealkylation sites (tertiary alicyclic amines) is 1. The van der Waals surface area contributed by atoms with Crippen molar-refractivity contribution in [1.29, 1.82) is 0 Å². The van der Waals surface area contributed by atoms with E-state index in [-0.39, 0.29) is 18.4 Å². The highest BCUT2D eigenvalue weighted by molar-refractivity contribution is 9.10. The zero-order valence-electron chi connectivity index (χ0n) is 13.2. The zero-order valence-corrected chi connectivity index (χ0v) is 14.8. The van der Waals surface area contributed by atoms with Crippen molar-refractivity contribution in [2.75, 3.05) is 18.0 Å². The highest BCUT2D eigenvalue weighted by Gasteiger charge is 2.27. The maximum atomic E-state index is 12.7. The minimum Gasteiger partial charge on any atom is -0.338 e. The lowest BCUT2D eigenvalue weighted by Gasteiger charge is -2.36. The number of benzene rings is 1. The number of hydrogen-bond acceptors (Lipinski definition) is 2. The third-order valence-electron chi connectivity index (χ3n) is 4.21. The second kappa shape index (κ2) is 7.77. The summed E-state index contributed by atoms with van der Waals surface area (Å²) in [6.45, 7) is 4.54. The lowest BCUT2D eigenvalue weighted by Crippen LogP contribution is -2.48. The number of carbonyl (C=O) groups is 2. The molecule has 0 saturated carbocycles. The molecule has 120 valence electrons. The molecule has 2 rings (SSSR count). The molecule has 0 radical (unpaired) electrons. The molecule has 2 amide bonds. The summed E-state index contributed by atoms with van der Waals surface area (Å²) in [5.41, 5.74) is 0.750. The summed E-state index contributed by atoms with van der Waals surface area (Å²) in [5, 5.41) is 0. The summed E-state index contributed by atoms with van der Waals surface area (Å²) in [5.74, 6) is -0.0711. The molecule has 1 aromatic carbocycles. The van der Waals surface area contributed by atoms with E-state index in [0.29, 0.717) is 6.04 Å². The Morgan fingerprint density at radius 1 is 1.36 bits per heavy atom. The molecule has 0 aliphatic carbocycles. The van der Waals surface area contributed by atoms with Gasteiger partial charge in [0.05, 0.1) is 0 Å². The van der Waals surface area contributed by atoms with E-state index in [1.807, 2.05) is 29.2 Å². The van der Waals surface area contributed by atoms with Crippen molar-refractivity contribution in [3.05, 3.63) is 28.7 Å². The molecule has 0 aromatic heterocycles. The van der Waals surface area contributed by atoms with Crippen LogP contribution in [0, 0.1) is 0 Å². The zero-order chi connectivity index (χ0) is 16.1. The van der Waals surface area contributed by atoms with Crippen LogP contribution in [0.3, 0.4) is 0 Å². The van der Waals surface area contributed by atoms with Gasteiger partial charge in [-0.1, -0.05) is 28.9 Å². The average Bonchev–Trinajstić information content (AvgIpc) is 2.52. The van der Waals surface area contributed by atoms with E-state index in [9.17, 15) is 9.59 Å². The first kappa shape index (κ1) is 17.0. The lowest BCUT2D eigenvalue weighted by atomic mass is 10.00. The topological polar surface area (TPSA) is 40.6 Å². The van der Waals surface area contributed by atoms with Crippen LogP contribution in [0.25, 0.3) is 0 Å². The summed E-state index contributed by atoms with van der Waals surface area (Å²) >= 11 is 3.41. The maximum Gasteiger partial charge on any atom is 0.242 e. The van der Waals surface area contributed by atoms with Gasteiger partial charge in [-0.15, -0.1) is 0 Å². The fraction of sp³-hybridized carbons (Fsp3) is 0.529. The molecule has 5 heteroatoms. The van der Waals surface area contributed by atoms with Crippen molar-refractivity contribution in [2.45, 2.75) is 45.6 Å². The fourth-order valence-corrected chi connectivity index (χ4v) is 3.40. The monoisotopic (exact) mass is 366 g/mol. The van der Waals surface area contributed by atoms with Gasteiger partial charge in [-0.2, -0.15) is 0 Å². The highest BCUT2D eigenvalue weighted by atomic mass is 79.9. The second-order valence-corrected chi connectivity index (χ2v) is 6.65. The first-order valence-electron chi connectivity index (χ1n) is 7.86. The average molecular weight is 367 g/mol. The minimum atomic E-state index is -0.114. The molecule has 1 fully saturated rings. The molecular weight excluding hydrogens is 344 g/mol. The molecular formula is C17H23BrN2O2. The Morgan fingerprint density at radius 3 is 2.77 bits per heavy atom. The van der Waals surface area contributed by atoms with Crippen LogP contribution in [0.4, 0.5) is 5.69 Å². The van der Waals surface area contributed by atoms with E-state index in [1.54, 1.807) is 4.90 Å². The van der Waals surface area contributed by atoms with E-state index in [2.05, 4.69) is 22.9 Å². The number of nitrogens with zero attached hydrogens (tertiary/aromatic N) is 2. The Balaban J connectivity index is 2.13. The Hall–Kier alpha value is -1.36. The molecule has 1 aromatic rings. The number of piperidine rings is 1. The molecule has 1 aliphatic heterocycles. The van der Waals surface area contributed by atoms with E-state index in [4.69, 9.17) is 0 Å². The van der Waals surface area contributed by atoms with Gasteiger partial charge in [-0.05, 0) is 43.9 Å². The van der Waals surface area contributed by atoms with Gasteiger partial charge in [0.2, 0.25) is 11.8 Å². The number of anilines is 1. The molecule has 1 unspecified atom stereocenters. The van der Waals surface area contributed by atoms with Crippen molar-refractivity contribution >= 4 is 33.4 Å². The summed E-state index contributed by atoms with van der Waals surface area (Å²) < 4.78 is 0.896. The largest absolute Gasteiger partial charge is 0.338 e. The Morgan fingerprint density at radius 2 is 2.14 bits per heavy atom. The van der Waals surface area contributed by atoms with E-state index < -0.39 is 0 Å². The summed E-state index contributed by atoms with van der Waals surface area (Å²) in [4.78, 5) is 28.1. The third kappa shape index (κ3) is 4.09. The minimum absolute atomic E-state index is 0.0433. The molecule has 1 aliphatic rings. The number of hydrogen-bond donors (Lipinski definition) is 0. The van der Waals surface area contributed by atoms with Crippen LogP contribution in [0.2, 0.25) is 0 Å². The van der Waals surface area contributed by atoms with Crippen LogP contribution in [-0.2, 0) is 9.59 Å². The number of rotatable bonds is 4. The van der Waals surface area contributed by atoms with Crippen molar-refractivity contribution in [1.82, 2.24) is 4.90 Å². The molecule has 1 saturated heterocycles. The van der Waals surface area contributed by atoms with Crippen LogP contribution in [0.15, 0.2) is 28.7 Å². The fourth-order valence-electron chi connectivity index (χ4n) is 3.01. The van der Waals surface area contributed by atoms with E-state index in [0.717, 1.165) is 36.0 Å². The summed E-state index contributed by atoms with van der Waals surface area (Å²) in [7, 11) is 0. The third-order valence-corrected chi connectivity index (χ3v) is 4.71. The lowest BCUT2D eigenvalue weighted by molar-refractivity contribution is -0.134. The quantitative estimate of drug-likeness (QED) is 0.816. The van der Waals surface area contributed by atoms with Crippen molar-refractivity contribution in [3.8, 4) is 0 Å². The first-order chi connectivity index (χ1) is 10.5.